The number of ether oxygens (including phenoxy) is 1. The zero-order valence-corrected chi connectivity index (χ0v) is 7.32. The number of para-hydroxylation sites is 1. The highest BCUT2D eigenvalue weighted by atomic mass is 16.5. The Morgan fingerprint density at radius 3 is 2.92 bits per heavy atom. The van der Waals surface area contributed by atoms with Gasteiger partial charge in [0, 0.05) is 5.56 Å². The Kier molecular flexibility index (Phi) is 1.79. The zero-order valence-electron chi connectivity index (χ0n) is 7.32. The van der Waals surface area contributed by atoms with Gasteiger partial charge in [-0.05, 0) is 24.6 Å². The van der Waals surface area contributed by atoms with E-state index in [9.17, 15) is 0 Å². The first-order chi connectivity index (χ1) is 6.31. The van der Waals surface area contributed by atoms with Gasteiger partial charge in [0.05, 0.1) is 0 Å². The molecule has 0 N–H and O–H groups in total. The van der Waals surface area contributed by atoms with Crippen molar-refractivity contribution < 1.29 is 4.74 Å². The molecule has 1 aromatic rings. The average molecular weight is 171 g/mol. The van der Waals surface area contributed by atoms with Crippen molar-refractivity contribution in [1.82, 2.24) is 0 Å². The Balaban J connectivity index is 2.50. The van der Waals surface area contributed by atoms with Gasteiger partial charge in [0.15, 0.2) is 0 Å². The molecule has 0 aromatic heterocycles. The summed E-state index contributed by atoms with van der Waals surface area (Å²) in [5.74, 6) is 0.800. The first-order valence-corrected chi connectivity index (χ1v) is 4.15. The van der Waals surface area contributed by atoms with E-state index in [1.165, 1.54) is 0 Å². The predicted molar refractivity (Wildman–Crippen MR) is 50.1 cm³/mol. The summed E-state index contributed by atoms with van der Waals surface area (Å²) in [6.07, 6.45) is 1.40. The van der Waals surface area contributed by atoms with Crippen molar-refractivity contribution in [2.75, 3.05) is 0 Å². The largest absolute Gasteiger partial charge is 0.471 e. The van der Waals surface area contributed by atoms with Gasteiger partial charge in [0.25, 0.3) is 0 Å². The third-order valence-electron chi connectivity index (χ3n) is 2.09. The van der Waals surface area contributed by atoms with Gasteiger partial charge < -0.3 is 4.74 Å². The summed E-state index contributed by atoms with van der Waals surface area (Å²) in [7, 11) is 0. The molecular formula is C11H9NO. The van der Waals surface area contributed by atoms with Gasteiger partial charge in [0.2, 0.25) is 6.10 Å². The average Bonchev–Trinajstić information content (AvgIpc) is 2.18. The number of nitriles is 1. The second kappa shape index (κ2) is 2.95. The maximum absolute atomic E-state index is 8.71. The SMILES string of the molecule is CC1=CC(C#N)Oc2ccccc21. The molecule has 1 aliphatic rings. The van der Waals surface area contributed by atoms with Crippen LogP contribution in [0.4, 0.5) is 0 Å². The van der Waals surface area contributed by atoms with E-state index >= 15 is 0 Å². The second-order valence-electron chi connectivity index (χ2n) is 3.01. The molecular weight excluding hydrogens is 162 g/mol. The molecule has 0 saturated carbocycles. The highest BCUT2D eigenvalue weighted by Crippen LogP contribution is 2.30. The van der Waals surface area contributed by atoms with Crippen molar-refractivity contribution in [3.8, 4) is 11.8 Å². The number of nitrogens with zero attached hydrogens (tertiary/aromatic N) is 1. The molecule has 0 fully saturated rings. The van der Waals surface area contributed by atoms with Crippen LogP contribution in [0.2, 0.25) is 0 Å². The van der Waals surface area contributed by atoms with Crippen molar-refractivity contribution in [3.63, 3.8) is 0 Å². The fraction of sp³-hybridized carbons (Fsp3) is 0.182. The van der Waals surface area contributed by atoms with E-state index in [0.717, 1.165) is 16.9 Å². The summed E-state index contributed by atoms with van der Waals surface area (Å²) in [4.78, 5) is 0. The number of fused-ring (bicyclic) bond motifs is 1. The van der Waals surface area contributed by atoms with E-state index in [4.69, 9.17) is 10.00 Å². The monoisotopic (exact) mass is 171 g/mol. The van der Waals surface area contributed by atoms with Crippen LogP contribution in [0.3, 0.4) is 0 Å². The highest BCUT2D eigenvalue weighted by molar-refractivity contribution is 5.71. The lowest BCUT2D eigenvalue weighted by molar-refractivity contribution is 0.297. The molecule has 0 spiro atoms. The van der Waals surface area contributed by atoms with E-state index < -0.39 is 6.10 Å². The van der Waals surface area contributed by atoms with Gasteiger partial charge in [-0.15, -0.1) is 0 Å². The third kappa shape index (κ3) is 1.29. The standard InChI is InChI=1S/C11H9NO/c1-8-6-9(7-12)13-11-5-3-2-4-10(8)11/h2-6,9H,1H3. The summed E-state index contributed by atoms with van der Waals surface area (Å²) >= 11 is 0. The summed E-state index contributed by atoms with van der Waals surface area (Å²) in [6.45, 7) is 1.99. The number of hydrogen-bond acceptors (Lipinski definition) is 2. The molecule has 2 rings (SSSR count). The van der Waals surface area contributed by atoms with Crippen molar-refractivity contribution in [2.45, 2.75) is 13.0 Å². The summed E-state index contributed by atoms with van der Waals surface area (Å²) < 4.78 is 5.41. The van der Waals surface area contributed by atoms with Gasteiger partial charge in [-0.1, -0.05) is 18.2 Å². The molecule has 0 bridgehead atoms. The van der Waals surface area contributed by atoms with Crippen molar-refractivity contribution >= 4 is 5.57 Å². The molecule has 13 heavy (non-hydrogen) atoms. The molecule has 1 aromatic carbocycles. The van der Waals surface area contributed by atoms with Crippen LogP contribution < -0.4 is 4.74 Å². The Hall–Kier alpha value is -1.75. The van der Waals surface area contributed by atoms with Crippen molar-refractivity contribution in [1.29, 1.82) is 5.26 Å². The minimum Gasteiger partial charge on any atom is -0.471 e. The van der Waals surface area contributed by atoms with Gasteiger partial charge in [0.1, 0.15) is 11.8 Å². The molecule has 0 amide bonds. The smallest absolute Gasteiger partial charge is 0.203 e. The minimum absolute atomic E-state index is 0.435. The van der Waals surface area contributed by atoms with Gasteiger partial charge >= 0.3 is 0 Å². The molecule has 2 heteroatoms. The lowest BCUT2D eigenvalue weighted by Gasteiger charge is -2.19. The van der Waals surface area contributed by atoms with Crippen LogP contribution >= 0.6 is 0 Å². The van der Waals surface area contributed by atoms with Crippen molar-refractivity contribution in [3.05, 3.63) is 35.9 Å². The third-order valence-corrected chi connectivity index (χ3v) is 2.09. The van der Waals surface area contributed by atoms with Crippen LogP contribution in [0, 0.1) is 11.3 Å². The number of benzene rings is 1. The van der Waals surface area contributed by atoms with Gasteiger partial charge in [-0.3, -0.25) is 0 Å². The van der Waals surface area contributed by atoms with Crippen LogP contribution in [0.15, 0.2) is 30.3 Å². The molecule has 0 radical (unpaired) electrons. The first-order valence-electron chi connectivity index (χ1n) is 4.15. The zero-order chi connectivity index (χ0) is 9.26. The molecule has 0 saturated heterocycles. The van der Waals surface area contributed by atoms with E-state index in [0.29, 0.717) is 0 Å². The Morgan fingerprint density at radius 1 is 1.38 bits per heavy atom. The van der Waals surface area contributed by atoms with Crippen LogP contribution in [0.25, 0.3) is 5.57 Å². The number of allylic oxidation sites excluding steroid dienone is 1. The predicted octanol–water partition coefficient (Wildman–Crippen LogP) is 2.37. The van der Waals surface area contributed by atoms with E-state index in [-0.39, 0.29) is 0 Å². The fourth-order valence-corrected chi connectivity index (χ4v) is 1.45. The van der Waals surface area contributed by atoms with Crippen molar-refractivity contribution in [2.24, 2.45) is 0 Å². The molecule has 1 unspecified atom stereocenters. The first kappa shape index (κ1) is 7.88. The van der Waals surface area contributed by atoms with E-state index in [1.54, 1.807) is 0 Å². The summed E-state index contributed by atoms with van der Waals surface area (Å²) in [6, 6.07) is 9.83. The normalized spacial score (nSPS) is 19.4. The quantitative estimate of drug-likeness (QED) is 0.600. The molecule has 2 nitrogen and oxygen atoms in total. The topological polar surface area (TPSA) is 33.0 Å². The maximum atomic E-state index is 8.71. The van der Waals surface area contributed by atoms with Gasteiger partial charge in [-0.25, -0.2) is 0 Å². The molecule has 1 heterocycles. The highest BCUT2D eigenvalue weighted by Gasteiger charge is 2.16. The second-order valence-corrected chi connectivity index (χ2v) is 3.01. The molecule has 64 valence electrons. The van der Waals surface area contributed by atoms with E-state index in [2.05, 4.69) is 6.07 Å². The lowest BCUT2D eigenvalue weighted by atomic mass is 10.0. The van der Waals surface area contributed by atoms with Gasteiger partial charge in [-0.2, -0.15) is 5.26 Å². The minimum atomic E-state index is -0.435. The van der Waals surface area contributed by atoms with Crippen LogP contribution in [0.1, 0.15) is 12.5 Å². The number of rotatable bonds is 0. The van der Waals surface area contributed by atoms with Crippen LogP contribution in [-0.2, 0) is 0 Å². The Bertz CT molecular complexity index is 401. The lowest BCUT2D eigenvalue weighted by Crippen LogP contribution is -2.15. The van der Waals surface area contributed by atoms with Crippen LogP contribution in [0.5, 0.6) is 5.75 Å². The Morgan fingerprint density at radius 2 is 2.15 bits per heavy atom. The number of hydrogen-bond donors (Lipinski definition) is 0. The fourth-order valence-electron chi connectivity index (χ4n) is 1.45. The molecule has 1 aliphatic heterocycles. The maximum Gasteiger partial charge on any atom is 0.203 e. The Labute approximate surface area is 77.1 Å². The van der Waals surface area contributed by atoms with Crippen LogP contribution in [-0.4, -0.2) is 6.10 Å². The molecule has 0 aliphatic carbocycles. The van der Waals surface area contributed by atoms with E-state index in [1.807, 2.05) is 37.3 Å². The molecule has 1 atom stereocenters. The summed E-state index contributed by atoms with van der Waals surface area (Å²) in [5.41, 5.74) is 2.18. The summed E-state index contributed by atoms with van der Waals surface area (Å²) in [5, 5.41) is 8.71.